The molecule has 0 fully saturated rings. The predicted octanol–water partition coefficient (Wildman–Crippen LogP) is 3.93. The highest BCUT2D eigenvalue weighted by Crippen LogP contribution is 2.37. The van der Waals surface area contributed by atoms with Crippen molar-refractivity contribution in [2.75, 3.05) is 6.54 Å². The molecule has 1 aliphatic heterocycles. The van der Waals surface area contributed by atoms with Crippen molar-refractivity contribution >= 4 is 47.3 Å². The van der Waals surface area contributed by atoms with Gasteiger partial charge in [0, 0.05) is 29.9 Å². The lowest BCUT2D eigenvalue weighted by Crippen LogP contribution is -2.37. The number of carbonyl (C=O) groups excluding carboxylic acids is 1. The van der Waals surface area contributed by atoms with Crippen LogP contribution in [-0.2, 0) is 22.6 Å². The summed E-state index contributed by atoms with van der Waals surface area (Å²) in [6.45, 7) is 2.45. The molecule has 1 N–H and O–H groups in total. The molecule has 1 aromatic carbocycles. The van der Waals surface area contributed by atoms with E-state index < -0.39 is 12.0 Å². The van der Waals surface area contributed by atoms with Crippen LogP contribution in [0.15, 0.2) is 30.3 Å². The highest BCUT2D eigenvalue weighted by molar-refractivity contribution is 7.14. The van der Waals surface area contributed by atoms with Crippen molar-refractivity contribution in [3.63, 3.8) is 0 Å². The molecule has 0 unspecified atom stereocenters. The normalized spacial score (nSPS) is 15.0. The van der Waals surface area contributed by atoms with E-state index in [0.717, 1.165) is 16.9 Å². The number of esters is 1. The van der Waals surface area contributed by atoms with Gasteiger partial charge in [-0.15, -0.1) is 23.7 Å². The number of halogens is 2. The van der Waals surface area contributed by atoms with Crippen LogP contribution in [0.25, 0.3) is 0 Å². The first-order chi connectivity index (χ1) is 11.5. The summed E-state index contributed by atoms with van der Waals surface area (Å²) >= 11 is 7.64. The molecule has 134 valence electrons. The highest BCUT2D eigenvalue weighted by atomic mass is 35.5. The van der Waals surface area contributed by atoms with E-state index in [0.29, 0.717) is 28.7 Å². The van der Waals surface area contributed by atoms with Gasteiger partial charge >= 0.3 is 11.9 Å². The Morgan fingerprint density at radius 1 is 1.36 bits per heavy atom. The summed E-state index contributed by atoms with van der Waals surface area (Å²) in [6, 6.07) is 8.03. The standard InChI is InChI=1S/C17H16ClNO4S.ClH/c1-10(20)23-15-8-11-9-19(7-6-14(11)24-15)16(17(21)22)12-4-2-3-5-13(12)18;/h2-5,8,16H,6-7,9H2,1H3,(H,21,22);1H/t16-;/m0./s1. The van der Waals surface area contributed by atoms with Crippen molar-refractivity contribution in [3.05, 3.63) is 51.4 Å². The van der Waals surface area contributed by atoms with E-state index in [1.54, 1.807) is 24.3 Å². The zero-order valence-corrected chi connectivity index (χ0v) is 15.8. The quantitative estimate of drug-likeness (QED) is 0.785. The van der Waals surface area contributed by atoms with Crippen molar-refractivity contribution < 1.29 is 19.4 Å². The third-order valence-corrected chi connectivity index (χ3v) is 5.38. The summed E-state index contributed by atoms with van der Waals surface area (Å²) in [6.07, 6.45) is 0.718. The Hall–Kier alpha value is -1.60. The number of benzene rings is 1. The number of nitrogens with zero attached hydrogens (tertiary/aromatic N) is 1. The molecule has 1 aliphatic rings. The minimum Gasteiger partial charge on any atom is -0.480 e. The lowest BCUT2D eigenvalue weighted by Gasteiger charge is -2.32. The summed E-state index contributed by atoms with van der Waals surface area (Å²) < 4.78 is 5.14. The molecule has 0 aliphatic carbocycles. The van der Waals surface area contributed by atoms with E-state index in [1.165, 1.54) is 18.3 Å². The van der Waals surface area contributed by atoms with E-state index in [1.807, 2.05) is 11.0 Å². The van der Waals surface area contributed by atoms with E-state index >= 15 is 0 Å². The minimum absolute atomic E-state index is 0. The van der Waals surface area contributed by atoms with E-state index in [2.05, 4.69) is 0 Å². The number of rotatable bonds is 4. The third kappa shape index (κ3) is 4.33. The Kier molecular flexibility index (Phi) is 6.46. The van der Waals surface area contributed by atoms with Crippen LogP contribution >= 0.6 is 35.3 Å². The molecule has 1 aromatic heterocycles. The van der Waals surface area contributed by atoms with Gasteiger partial charge in [-0.3, -0.25) is 14.5 Å². The molecule has 2 aromatic rings. The number of carboxylic acids is 1. The van der Waals surface area contributed by atoms with Crippen LogP contribution in [0.4, 0.5) is 0 Å². The number of thiophene rings is 1. The molecular weight excluding hydrogens is 385 g/mol. The summed E-state index contributed by atoms with van der Waals surface area (Å²) in [5.74, 6) is -1.29. The molecule has 2 heterocycles. The number of hydrogen-bond donors (Lipinski definition) is 1. The molecule has 0 saturated heterocycles. The first-order valence-corrected chi connectivity index (χ1v) is 8.66. The molecule has 1 atom stereocenters. The largest absolute Gasteiger partial charge is 0.480 e. The molecule has 25 heavy (non-hydrogen) atoms. The fourth-order valence-corrected chi connectivity index (χ4v) is 4.21. The molecule has 0 spiro atoms. The molecular formula is C17H17Cl2NO4S. The van der Waals surface area contributed by atoms with Gasteiger partial charge in [-0.2, -0.15) is 0 Å². The maximum Gasteiger partial charge on any atom is 0.325 e. The van der Waals surface area contributed by atoms with Crippen LogP contribution < -0.4 is 4.74 Å². The average molecular weight is 402 g/mol. The summed E-state index contributed by atoms with van der Waals surface area (Å²) in [4.78, 5) is 26.0. The fourth-order valence-electron chi connectivity index (χ4n) is 2.92. The first kappa shape index (κ1) is 19.7. The van der Waals surface area contributed by atoms with Crippen molar-refractivity contribution in [1.82, 2.24) is 4.90 Å². The average Bonchev–Trinajstić information content (AvgIpc) is 2.89. The van der Waals surface area contributed by atoms with Gasteiger partial charge in [0.15, 0.2) is 5.06 Å². The van der Waals surface area contributed by atoms with Crippen LogP contribution in [0.1, 0.15) is 29.0 Å². The van der Waals surface area contributed by atoms with Gasteiger partial charge in [0.2, 0.25) is 0 Å². The van der Waals surface area contributed by atoms with E-state index in [4.69, 9.17) is 16.3 Å². The number of hydrogen-bond acceptors (Lipinski definition) is 5. The molecule has 8 heteroatoms. The predicted molar refractivity (Wildman–Crippen MR) is 98.8 cm³/mol. The summed E-state index contributed by atoms with van der Waals surface area (Å²) in [5.41, 5.74) is 1.59. The molecule has 0 radical (unpaired) electrons. The Morgan fingerprint density at radius 3 is 2.72 bits per heavy atom. The van der Waals surface area contributed by atoms with Crippen LogP contribution in [0.3, 0.4) is 0 Å². The fraction of sp³-hybridized carbons (Fsp3) is 0.294. The number of ether oxygens (including phenoxy) is 1. The van der Waals surface area contributed by atoms with Gasteiger partial charge in [-0.05, 0) is 29.7 Å². The second-order valence-electron chi connectivity index (χ2n) is 5.59. The maximum atomic E-state index is 11.8. The minimum atomic E-state index is -0.929. The van der Waals surface area contributed by atoms with Gasteiger partial charge in [0.25, 0.3) is 0 Å². The number of carboxylic acid groups (broad SMARTS) is 1. The van der Waals surface area contributed by atoms with Gasteiger partial charge < -0.3 is 9.84 Å². The van der Waals surface area contributed by atoms with Crippen molar-refractivity contribution in [2.45, 2.75) is 25.9 Å². The molecule has 5 nitrogen and oxygen atoms in total. The monoisotopic (exact) mass is 401 g/mol. The topological polar surface area (TPSA) is 66.8 Å². The first-order valence-electron chi connectivity index (χ1n) is 7.47. The summed E-state index contributed by atoms with van der Waals surface area (Å²) in [7, 11) is 0. The van der Waals surface area contributed by atoms with Gasteiger partial charge in [-0.25, -0.2) is 0 Å². The van der Waals surface area contributed by atoms with E-state index in [-0.39, 0.29) is 18.4 Å². The van der Waals surface area contributed by atoms with Crippen LogP contribution in [0, 0.1) is 0 Å². The summed E-state index contributed by atoms with van der Waals surface area (Å²) in [5, 5.41) is 10.7. The smallest absolute Gasteiger partial charge is 0.325 e. The molecule has 0 saturated carbocycles. The lowest BCUT2D eigenvalue weighted by atomic mass is 10.0. The molecule has 0 bridgehead atoms. The molecule has 0 amide bonds. The van der Waals surface area contributed by atoms with Crippen molar-refractivity contribution in [3.8, 4) is 5.06 Å². The highest BCUT2D eigenvalue weighted by Gasteiger charge is 2.32. The maximum absolute atomic E-state index is 11.8. The number of aliphatic carboxylic acids is 1. The van der Waals surface area contributed by atoms with Crippen LogP contribution in [-0.4, -0.2) is 28.5 Å². The Bertz CT molecular complexity index is 793. The van der Waals surface area contributed by atoms with E-state index in [9.17, 15) is 14.7 Å². The Morgan fingerprint density at radius 2 is 2.08 bits per heavy atom. The van der Waals surface area contributed by atoms with Crippen molar-refractivity contribution in [2.24, 2.45) is 0 Å². The SMILES string of the molecule is CC(=O)Oc1cc2c(s1)CCN([C@H](C(=O)O)c1ccccc1Cl)C2.Cl. The van der Waals surface area contributed by atoms with Gasteiger partial charge in [0.05, 0.1) is 0 Å². The van der Waals surface area contributed by atoms with Gasteiger partial charge in [-0.1, -0.05) is 29.8 Å². The van der Waals surface area contributed by atoms with Gasteiger partial charge in [0.1, 0.15) is 6.04 Å². The zero-order chi connectivity index (χ0) is 17.3. The Labute approximate surface area is 160 Å². The number of fused-ring (bicyclic) bond motifs is 1. The van der Waals surface area contributed by atoms with Crippen LogP contribution in [0.2, 0.25) is 5.02 Å². The second-order valence-corrected chi connectivity index (χ2v) is 7.10. The number of carbonyl (C=O) groups is 2. The molecule has 3 rings (SSSR count). The Balaban J connectivity index is 0.00000225. The third-order valence-electron chi connectivity index (χ3n) is 3.92. The zero-order valence-electron chi connectivity index (χ0n) is 13.4. The lowest BCUT2D eigenvalue weighted by molar-refractivity contribution is -0.144. The van der Waals surface area contributed by atoms with Crippen molar-refractivity contribution in [1.29, 1.82) is 0 Å². The second kappa shape index (κ2) is 8.19. The van der Waals surface area contributed by atoms with Crippen LogP contribution in [0.5, 0.6) is 5.06 Å².